The highest BCUT2D eigenvalue weighted by atomic mass is 35.5. The van der Waals surface area contributed by atoms with Gasteiger partial charge in [-0.15, -0.1) is 23.4 Å². The Kier molecular flexibility index (Phi) is 5.39. The van der Waals surface area contributed by atoms with Crippen molar-refractivity contribution < 1.29 is 13.3 Å². The van der Waals surface area contributed by atoms with E-state index >= 15 is 0 Å². The minimum absolute atomic E-state index is 0.132. The average molecular weight is 311 g/mol. The molecule has 0 amide bonds. The van der Waals surface area contributed by atoms with Crippen molar-refractivity contribution in [2.45, 2.75) is 9.79 Å². The quantitative estimate of drug-likeness (QED) is 0.375. The number of nitrogens with one attached hydrogen (secondary N) is 1. The van der Waals surface area contributed by atoms with Gasteiger partial charge in [-0.05, 0) is 19.2 Å². The van der Waals surface area contributed by atoms with Gasteiger partial charge in [0.05, 0.1) is 14.7 Å². The zero-order valence-corrected chi connectivity index (χ0v) is 11.8. The normalized spacial score (nSPS) is 11.4. The van der Waals surface area contributed by atoms with E-state index < -0.39 is 14.9 Å². The van der Waals surface area contributed by atoms with E-state index in [2.05, 4.69) is 4.72 Å². The lowest BCUT2D eigenvalue weighted by molar-refractivity contribution is -0.388. The first-order chi connectivity index (χ1) is 8.42. The van der Waals surface area contributed by atoms with Crippen LogP contribution in [0.4, 0.5) is 5.69 Å². The van der Waals surface area contributed by atoms with Crippen LogP contribution in [0.2, 0.25) is 0 Å². The summed E-state index contributed by atoms with van der Waals surface area (Å²) < 4.78 is 25.2. The van der Waals surface area contributed by atoms with Gasteiger partial charge < -0.3 is 0 Å². The Morgan fingerprint density at radius 2 is 2.17 bits per heavy atom. The summed E-state index contributed by atoms with van der Waals surface area (Å²) in [7, 11) is -2.43. The van der Waals surface area contributed by atoms with E-state index in [0.717, 1.165) is 6.07 Å². The summed E-state index contributed by atoms with van der Waals surface area (Å²) in [6, 6.07) is 3.79. The summed E-state index contributed by atoms with van der Waals surface area (Å²) >= 11 is 6.73. The molecular weight excluding hydrogens is 300 g/mol. The summed E-state index contributed by atoms with van der Waals surface area (Å²) in [5, 5.41) is 10.9. The van der Waals surface area contributed by atoms with Gasteiger partial charge in [-0.1, -0.05) is 0 Å². The van der Waals surface area contributed by atoms with Gasteiger partial charge in [0.25, 0.3) is 5.69 Å². The van der Waals surface area contributed by atoms with Crippen molar-refractivity contribution in [1.82, 2.24) is 4.72 Å². The molecule has 0 bridgehead atoms. The van der Waals surface area contributed by atoms with Gasteiger partial charge in [0, 0.05) is 17.7 Å². The fraction of sp³-hybridized carbons (Fsp3) is 0.333. The minimum Gasteiger partial charge on any atom is -0.258 e. The fourth-order valence-electron chi connectivity index (χ4n) is 1.20. The molecule has 0 aromatic heterocycles. The van der Waals surface area contributed by atoms with Crippen molar-refractivity contribution in [3.8, 4) is 0 Å². The van der Waals surface area contributed by atoms with Crippen molar-refractivity contribution in [1.29, 1.82) is 0 Å². The molecule has 18 heavy (non-hydrogen) atoms. The molecule has 0 aliphatic heterocycles. The molecule has 0 fully saturated rings. The number of rotatable bonds is 6. The fourth-order valence-corrected chi connectivity index (χ4v) is 2.92. The molecule has 0 heterocycles. The highest BCUT2D eigenvalue weighted by Crippen LogP contribution is 2.31. The molecule has 6 nitrogen and oxygen atoms in total. The molecule has 9 heteroatoms. The van der Waals surface area contributed by atoms with E-state index in [1.165, 1.54) is 30.9 Å². The molecular formula is C9H11ClN2O4S2. The van der Waals surface area contributed by atoms with Crippen molar-refractivity contribution in [2.75, 3.05) is 18.7 Å². The Balaban J connectivity index is 3.23. The lowest BCUT2D eigenvalue weighted by Gasteiger charge is -2.05. The Bertz CT molecular complexity index is 547. The number of nitro groups is 1. The highest BCUT2D eigenvalue weighted by Gasteiger charge is 2.20. The smallest absolute Gasteiger partial charge is 0.258 e. The van der Waals surface area contributed by atoms with Crippen LogP contribution < -0.4 is 4.72 Å². The Hall–Kier alpha value is -0.830. The summed E-state index contributed by atoms with van der Waals surface area (Å²) in [5.74, 6) is 0.874. The number of benzene rings is 1. The van der Waals surface area contributed by atoms with Gasteiger partial charge in [-0.25, -0.2) is 13.1 Å². The van der Waals surface area contributed by atoms with Crippen molar-refractivity contribution >= 4 is 39.1 Å². The largest absolute Gasteiger partial charge is 0.284 e. The molecule has 0 saturated heterocycles. The van der Waals surface area contributed by atoms with Gasteiger partial charge >= 0.3 is 0 Å². The Morgan fingerprint density at radius 1 is 1.50 bits per heavy atom. The summed E-state index contributed by atoms with van der Waals surface area (Å²) in [5.41, 5.74) is -0.235. The standard InChI is InChI=1S/C9H11ClN2O4S2/c1-11-18(15,16)7-2-3-9(17-5-4-10)8(6-7)12(13)14/h2-3,6,11H,4-5H2,1H3. The van der Waals surface area contributed by atoms with Crippen LogP contribution in [0.5, 0.6) is 0 Å². The van der Waals surface area contributed by atoms with Crippen molar-refractivity contribution in [3.05, 3.63) is 28.3 Å². The summed E-state index contributed by atoms with van der Waals surface area (Å²) in [6.07, 6.45) is 0. The maximum Gasteiger partial charge on any atom is 0.284 e. The Morgan fingerprint density at radius 3 is 2.67 bits per heavy atom. The lowest BCUT2D eigenvalue weighted by Crippen LogP contribution is -2.18. The number of hydrogen-bond acceptors (Lipinski definition) is 5. The van der Waals surface area contributed by atoms with Crippen molar-refractivity contribution in [3.63, 3.8) is 0 Å². The molecule has 1 aromatic carbocycles. The van der Waals surface area contributed by atoms with Crippen LogP contribution in [0.3, 0.4) is 0 Å². The predicted octanol–water partition coefficient (Wildman–Crippen LogP) is 1.83. The van der Waals surface area contributed by atoms with Crippen LogP contribution >= 0.6 is 23.4 Å². The molecule has 1 aromatic rings. The molecule has 0 aliphatic rings. The molecule has 0 spiro atoms. The van der Waals surface area contributed by atoms with Gasteiger partial charge in [0.15, 0.2) is 0 Å². The second-order valence-electron chi connectivity index (χ2n) is 3.13. The van der Waals surface area contributed by atoms with Gasteiger partial charge in [0.2, 0.25) is 10.0 Å². The summed E-state index contributed by atoms with van der Waals surface area (Å²) in [6.45, 7) is 0. The number of halogens is 1. The van der Waals surface area contributed by atoms with Crippen molar-refractivity contribution in [2.24, 2.45) is 0 Å². The van der Waals surface area contributed by atoms with E-state index in [1.807, 2.05) is 0 Å². The van der Waals surface area contributed by atoms with Crippen LogP contribution in [0, 0.1) is 10.1 Å². The number of sulfonamides is 1. The number of hydrogen-bond donors (Lipinski definition) is 1. The molecule has 0 unspecified atom stereocenters. The third kappa shape index (κ3) is 3.58. The average Bonchev–Trinajstić information content (AvgIpc) is 2.35. The van der Waals surface area contributed by atoms with E-state index in [0.29, 0.717) is 16.5 Å². The first-order valence-corrected chi connectivity index (χ1v) is 7.83. The van der Waals surface area contributed by atoms with Crippen LogP contribution in [-0.4, -0.2) is 32.0 Å². The van der Waals surface area contributed by atoms with Crippen LogP contribution in [0.25, 0.3) is 0 Å². The maximum absolute atomic E-state index is 11.5. The molecule has 0 aliphatic carbocycles. The van der Waals surface area contributed by atoms with Crippen LogP contribution in [-0.2, 0) is 10.0 Å². The zero-order chi connectivity index (χ0) is 13.8. The van der Waals surface area contributed by atoms with Crippen LogP contribution in [0.15, 0.2) is 28.0 Å². The Labute approximate surface area is 114 Å². The number of thioether (sulfide) groups is 1. The first-order valence-electron chi connectivity index (χ1n) is 4.83. The third-order valence-electron chi connectivity index (χ3n) is 2.04. The molecule has 0 atom stereocenters. The van der Waals surface area contributed by atoms with E-state index in [1.54, 1.807) is 0 Å². The maximum atomic E-state index is 11.5. The lowest BCUT2D eigenvalue weighted by atomic mass is 10.3. The van der Waals surface area contributed by atoms with E-state index in [-0.39, 0.29) is 10.6 Å². The molecule has 0 radical (unpaired) electrons. The molecule has 0 saturated carbocycles. The monoisotopic (exact) mass is 310 g/mol. The number of nitro benzene ring substituents is 1. The molecule has 1 rings (SSSR count). The van der Waals surface area contributed by atoms with Crippen LogP contribution in [0.1, 0.15) is 0 Å². The second-order valence-corrected chi connectivity index (χ2v) is 6.53. The SMILES string of the molecule is CNS(=O)(=O)c1ccc(SCCCl)c([N+](=O)[O-])c1. The highest BCUT2D eigenvalue weighted by molar-refractivity contribution is 7.99. The number of alkyl halides is 1. The predicted molar refractivity (Wildman–Crippen MR) is 70.8 cm³/mol. The minimum atomic E-state index is -3.68. The van der Waals surface area contributed by atoms with E-state index in [9.17, 15) is 18.5 Å². The zero-order valence-electron chi connectivity index (χ0n) is 9.42. The third-order valence-corrected chi connectivity index (χ3v) is 4.93. The topological polar surface area (TPSA) is 89.3 Å². The van der Waals surface area contributed by atoms with Gasteiger partial charge in [-0.3, -0.25) is 10.1 Å². The molecule has 100 valence electrons. The first kappa shape index (κ1) is 15.2. The van der Waals surface area contributed by atoms with Gasteiger partial charge in [-0.2, -0.15) is 0 Å². The summed E-state index contributed by atoms with van der Waals surface area (Å²) in [4.78, 5) is 10.6. The second kappa shape index (κ2) is 6.37. The van der Waals surface area contributed by atoms with E-state index in [4.69, 9.17) is 11.6 Å². The molecule has 1 N–H and O–H groups in total. The van der Waals surface area contributed by atoms with Gasteiger partial charge in [0.1, 0.15) is 0 Å². The number of nitrogens with zero attached hydrogens (tertiary/aromatic N) is 1.